The quantitative estimate of drug-likeness (QED) is 0.665. The molecular formula is C11H15FN2O4S. The van der Waals surface area contributed by atoms with Crippen LogP contribution in [0, 0.1) is 15.9 Å². The predicted molar refractivity (Wildman–Crippen MR) is 67.7 cm³/mol. The van der Waals surface area contributed by atoms with Gasteiger partial charge in [-0.3, -0.25) is 10.1 Å². The van der Waals surface area contributed by atoms with E-state index in [9.17, 15) is 22.9 Å². The van der Waals surface area contributed by atoms with Gasteiger partial charge in [0.2, 0.25) is 15.8 Å². The number of benzene rings is 1. The molecule has 0 heterocycles. The Kier molecular flexibility index (Phi) is 4.26. The molecule has 1 N–H and O–H groups in total. The molecule has 0 bridgehead atoms. The molecule has 0 unspecified atom stereocenters. The molecule has 1 aromatic rings. The summed E-state index contributed by atoms with van der Waals surface area (Å²) in [6.45, 7) is 5.18. The minimum Gasteiger partial charge on any atom is -0.258 e. The van der Waals surface area contributed by atoms with Gasteiger partial charge >= 0.3 is 5.69 Å². The zero-order valence-electron chi connectivity index (χ0n) is 10.8. The third kappa shape index (κ3) is 3.71. The van der Waals surface area contributed by atoms with Crippen LogP contribution in [0.5, 0.6) is 0 Å². The molecule has 0 aliphatic heterocycles. The molecule has 0 saturated carbocycles. The van der Waals surface area contributed by atoms with Crippen molar-refractivity contribution in [1.82, 2.24) is 4.72 Å². The van der Waals surface area contributed by atoms with Crippen molar-refractivity contribution in [3.05, 3.63) is 34.1 Å². The monoisotopic (exact) mass is 290 g/mol. The molecule has 1 rings (SSSR count). The minimum atomic E-state index is -3.91. The molecule has 0 aromatic heterocycles. The molecular weight excluding hydrogens is 275 g/mol. The lowest BCUT2D eigenvalue weighted by Gasteiger charge is -2.24. The van der Waals surface area contributed by atoms with Gasteiger partial charge in [-0.25, -0.2) is 13.1 Å². The predicted octanol–water partition coefficient (Wildman–Crippen LogP) is 2.20. The maximum absolute atomic E-state index is 13.4. The fourth-order valence-electron chi connectivity index (χ4n) is 1.30. The smallest absolute Gasteiger partial charge is 0.258 e. The second-order valence-electron chi connectivity index (χ2n) is 4.71. The number of nitro benzene ring substituents is 1. The Balaban J connectivity index is 3.17. The number of nitro groups is 1. The van der Waals surface area contributed by atoms with Gasteiger partial charge in [-0.05, 0) is 26.3 Å². The van der Waals surface area contributed by atoms with E-state index in [-0.39, 0.29) is 4.90 Å². The highest BCUT2D eigenvalue weighted by Crippen LogP contribution is 2.22. The van der Waals surface area contributed by atoms with Crippen molar-refractivity contribution in [2.75, 3.05) is 0 Å². The van der Waals surface area contributed by atoms with Crippen LogP contribution >= 0.6 is 0 Å². The average molecular weight is 290 g/mol. The lowest BCUT2D eigenvalue weighted by atomic mass is 10.0. The third-order valence-corrected chi connectivity index (χ3v) is 4.42. The third-order valence-electron chi connectivity index (χ3n) is 2.72. The van der Waals surface area contributed by atoms with Crippen molar-refractivity contribution < 1.29 is 17.7 Å². The molecule has 6 nitrogen and oxygen atoms in total. The van der Waals surface area contributed by atoms with Crippen molar-refractivity contribution in [3.8, 4) is 0 Å². The largest absolute Gasteiger partial charge is 0.304 e. The Morgan fingerprint density at radius 1 is 1.42 bits per heavy atom. The van der Waals surface area contributed by atoms with Gasteiger partial charge in [0.25, 0.3) is 0 Å². The van der Waals surface area contributed by atoms with Crippen molar-refractivity contribution in [2.24, 2.45) is 0 Å². The lowest BCUT2D eigenvalue weighted by molar-refractivity contribution is -0.387. The van der Waals surface area contributed by atoms with E-state index >= 15 is 0 Å². The van der Waals surface area contributed by atoms with Gasteiger partial charge in [-0.15, -0.1) is 0 Å². The SMILES string of the molecule is CCC(C)(C)NS(=O)(=O)c1ccc([N+](=O)[O-])c(F)c1. The fraction of sp³-hybridized carbons (Fsp3) is 0.455. The van der Waals surface area contributed by atoms with Crippen LogP contribution in [0.3, 0.4) is 0 Å². The second-order valence-corrected chi connectivity index (χ2v) is 6.40. The van der Waals surface area contributed by atoms with Gasteiger partial charge in [0.1, 0.15) is 0 Å². The Labute approximate surface area is 110 Å². The maximum atomic E-state index is 13.4. The molecule has 106 valence electrons. The first-order chi connectivity index (χ1) is 8.59. The molecule has 1 aromatic carbocycles. The van der Waals surface area contributed by atoms with Gasteiger partial charge in [-0.1, -0.05) is 6.92 Å². The summed E-state index contributed by atoms with van der Waals surface area (Å²) in [5.41, 5.74) is -1.44. The van der Waals surface area contributed by atoms with Crippen LogP contribution in [0.1, 0.15) is 27.2 Å². The van der Waals surface area contributed by atoms with Crippen LogP contribution in [0.15, 0.2) is 23.1 Å². The minimum absolute atomic E-state index is 0.336. The van der Waals surface area contributed by atoms with Crippen LogP contribution in [0.25, 0.3) is 0 Å². The molecule has 0 atom stereocenters. The summed E-state index contributed by atoms with van der Waals surface area (Å²) in [6.07, 6.45) is 0.543. The molecule has 0 spiro atoms. The molecule has 0 amide bonds. The summed E-state index contributed by atoms with van der Waals surface area (Å²) in [4.78, 5) is 9.21. The van der Waals surface area contributed by atoms with E-state index in [1.165, 1.54) is 0 Å². The molecule has 0 aliphatic carbocycles. The molecule has 0 fully saturated rings. The zero-order chi connectivity index (χ0) is 14.8. The zero-order valence-corrected chi connectivity index (χ0v) is 11.6. The Morgan fingerprint density at radius 3 is 2.42 bits per heavy atom. The van der Waals surface area contributed by atoms with E-state index in [1.54, 1.807) is 20.8 Å². The van der Waals surface area contributed by atoms with Crippen molar-refractivity contribution in [2.45, 2.75) is 37.6 Å². The first kappa shape index (κ1) is 15.5. The Bertz CT molecular complexity index is 599. The first-order valence-electron chi connectivity index (χ1n) is 5.57. The van der Waals surface area contributed by atoms with E-state index in [2.05, 4.69) is 4.72 Å². The number of hydrogen-bond donors (Lipinski definition) is 1. The van der Waals surface area contributed by atoms with E-state index in [4.69, 9.17) is 0 Å². The fourth-order valence-corrected chi connectivity index (χ4v) is 2.79. The normalized spacial score (nSPS) is 12.4. The number of nitrogens with zero attached hydrogens (tertiary/aromatic N) is 1. The van der Waals surface area contributed by atoms with Crippen molar-refractivity contribution in [3.63, 3.8) is 0 Å². The highest BCUT2D eigenvalue weighted by atomic mass is 32.2. The topological polar surface area (TPSA) is 89.3 Å². The highest BCUT2D eigenvalue weighted by Gasteiger charge is 2.26. The highest BCUT2D eigenvalue weighted by molar-refractivity contribution is 7.89. The van der Waals surface area contributed by atoms with Crippen molar-refractivity contribution >= 4 is 15.7 Å². The molecule has 0 radical (unpaired) electrons. The molecule has 0 saturated heterocycles. The number of hydrogen-bond acceptors (Lipinski definition) is 4. The standard InChI is InChI=1S/C11H15FN2O4S/c1-4-11(2,3)13-19(17,18)8-5-6-10(14(15)16)9(12)7-8/h5-7,13H,4H2,1-3H3. The number of halogens is 1. The van der Waals surface area contributed by atoms with Gasteiger partial charge in [-0.2, -0.15) is 4.39 Å². The summed E-state index contributed by atoms with van der Waals surface area (Å²) in [6, 6.07) is 2.49. The Morgan fingerprint density at radius 2 is 2.00 bits per heavy atom. The van der Waals surface area contributed by atoms with Crippen LogP contribution in [0.4, 0.5) is 10.1 Å². The first-order valence-corrected chi connectivity index (χ1v) is 7.05. The average Bonchev–Trinajstić information content (AvgIpc) is 2.27. The van der Waals surface area contributed by atoms with E-state index in [0.29, 0.717) is 12.5 Å². The van der Waals surface area contributed by atoms with Crippen LogP contribution in [0.2, 0.25) is 0 Å². The van der Waals surface area contributed by atoms with Gasteiger partial charge in [0, 0.05) is 17.7 Å². The van der Waals surface area contributed by atoms with E-state index in [1.807, 2.05) is 0 Å². The molecule has 19 heavy (non-hydrogen) atoms. The van der Waals surface area contributed by atoms with Gasteiger partial charge in [0.15, 0.2) is 0 Å². The van der Waals surface area contributed by atoms with Gasteiger partial charge in [0.05, 0.1) is 9.82 Å². The van der Waals surface area contributed by atoms with E-state index in [0.717, 1.165) is 12.1 Å². The van der Waals surface area contributed by atoms with Crippen LogP contribution < -0.4 is 4.72 Å². The maximum Gasteiger partial charge on any atom is 0.304 e. The summed E-state index contributed by atoms with van der Waals surface area (Å²) in [5, 5.41) is 10.5. The second kappa shape index (κ2) is 5.22. The van der Waals surface area contributed by atoms with Crippen LogP contribution in [-0.2, 0) is 10.0 Å². The molecule has 0 aliphatic rings. The number of sulfonamides is 1. The van der Waals surface area contributed by atoms with Gasteiger partial charge < -0.3 is 0 Å². The summed E-state index contributed by atoms with van der Waals surface area (Å²) in [7, 11) is -3.91. The summed E-state index contributed by atoms with van der Waals surface area (Å²) in [5.74, 6) is -1.18. The van der Waals surface area contributed by atoms with Crippen molar-refractivity contribution in [1.29, 1.82) is 0 Å². The molecule has 8 heteroatoms. The number of rotatable bonds is 5. The Hall–Kier alpha value is -1.54. The van der Waals surface area contributed by atoms with E-state index < -0.39 is 32.0 Å². The lowest BCUT2D eigenvalue weighted by Crippen LogP contribution is -2.42. The van der Waals surface area contributed by atoms with Crippen LogP contribution in [-0.4, -0.2) is 18.9 Å². The summed E-state index contributed by atoms with van der Waals surface area (Å²) >= 11 is 0. The summed E-state index contributed by atoms with van der Waals surface area (Å²) < 4.78 is 39.8. The number of nitrogens with one attached hydrogen (secondary N) is 1.